The van der Waals surface area contributed by atoms with E-state index in [4.69, 9.17) is 4.84 Å². The molecule has 0 spiro atoms. The van der Waals surface area contributed by atoms with Crippen LogP contribution in [0.15, 0.2) is 59.8 Å². The Hall–Kier alpha value is -2.69. The number of benzene rings is 2. The summed E-state index contributed by atoms with van der Waals surface area (Å²) < 4.78 is 12.8. The number of nitrogens with zero attached hydrogens (tertiary/aromatic N) is 1. The van der Waals surface area contributed by atoms with Crippen molar-refractivity contribution in [3.05, 3.63) is 71.5 Å². The Labute approximate surface area is 140 Å². The lowest BCUT2D eigenvalue weighted by molar-refractivity contribution is -0.131. The zero-order valence-corrected chi connectivity index (χ0v) is 13.2. The molecule has 1 unspecified atom stereocenters. The fourth-order valence-electron chi connectivity index (χ4n) is 2.59. The van der Waals surface area contributed by atoms with E-state index in [1.807, 2.05) is 30.3 Å². The van der Waals surface area contributed by atoms with Crippen LogP contribution in [-0.4, -0.2) is 24.3 Å². The molecule has 2 aromatic rings. The molecule has 3 rings (SSSR count). The van der Waals surface area contributed by atoms with Gasteiger partial charge in [-0.2, -0.15) is 0 Å². The van der Waals surface area contributed by atoms with E-state index in [2.05, 4.69) is 10.5 Å². The molecule has 0 aromatic heterocycles. The molecule has 0 fully saturated rings. The molecule has 1 aliphatic heterocycles. The van der Waals surface area contributed by atoms with Crippen LogP contribution in [0, 0.1) is 5.82 Å². The van der Waals surface area contributed by atoms with E-state index in [0.29, 0.717) is 13.0 Å². The Balaban J connectivity index is 1.40. The first kappa shape index (κ1) is 16.2. The van der Waals surface area contributed by atoms with Gasteiger partial charge in [0.2, 0.25) is 6.10 Å². The normalized spacial score (nSPS) is 16.4. The van der Waals surface area contributed by atoms with Gasteiger partial charge in [-0.05, 0) is 36.1 Å². The summed E-state index contributed by atoms with van der Waals surface area (Å²) in [6.07, 6.45) is 1.49. The van der Waals surface area contributed by atoms with Crippen molar-refractivity contribution in [3.63, 3.8) is 0 Å². The van der Waals surface area contributed by atoms with E-state index in [-0.39, 0.29) is 11.7 Å². The van der Waals surface area contributed by atoms with Crippen molar-refractivity contribution >= 4 is 11.6 Å². The van der Waals surface area contributed by atoms with Gasteiger partial charge >= 0.3 is 0 Å². The SMILES string of the molecule is O=C(NCCCc1ccc(F)cc1)C1CC(c2ccccc2)=NO1. The maximum absolute atomic E-state index is 12.8. The van der Waals surface area contributed by atoms with Crippen molar-refractivity contribution in [1.82, 2.24) is 5.32 Å². The van der Waals surface area contributed by atoms with Gasteiger partial charge in [0.15, 0.2) is 0 Å². The number of carbonyl (C=O) groups excluding carboxylic acids is 1. The van der Waals surface area contributed by atoms with Crippen LogP contribution in [0.3, 0.4) is 0 Å². The minimum atomic E-state index is -0.564. The van der Waals surface area contributed by atoms with Crippen molar-refractivity contribution in [2.75, 3.05) is 6.54 Å². The summed E-state index contributed by atoms with van der Waals surface area (Å²) in [7, 11) is 0. The Morgan fingerprint density at radius 1 is 1.17 bits per heavy atom. The van der Waals surface area contributed by atoms with Crippen molar-refractivity contribution < 1.29 is 14.0 Å². The van der Waals surface area contributed by atoms with E-state index >= 15 is 0 Å². The highest BCUT2D eigenvalue weighted by molar-refractivity contribution is 6.04. The number of aryl methyl sites for hydroxylation is 1. The lowest BCUT2D eigenvalue weighted by Gasteiger charge is -2.09. The molecule has 1 N–H and O–H groups in total. The number of halogens is 1. The van der Waals surface area contributed by atoms with Crippen molar-refractivity contribution in [2.45, 2.75) is 25.4 Å². The molecule has 0 bridgehead atoms. The highest BCUT2D eigenvalue weighted by Crippen LogP contribution is 2.16. The number of hydrogen-bond acceptors (Lipinski definition) is 3. The molecular formula is C19H19FN2O2. The lowest BCUT2D eigenvalue weighted by Crippen LogP contribution is -2.35. The van der Waals surface area contributed by atoms with Crippen LogP contribution in [0.25, 0.3) is 0 Å². The molecule has 2 aromatic carbocycles. The third-order valence-electron chi connectivity index (χ3n) is 3.92. The quantitative estimate of drug-likeness (QED) is 0.830. The Kier molecular flexibility index (Phi) is 5.21. The van der Waals surface area contributed by atoms with Crippen LogP contribution in [0.4, 0.5) is 4.39 Å². The molecule has 1 amide bonds. The summed E-state index contributed by atoms with van der Waals surface area (Å²) in [6.45, 7) is 0.552. The first-order chi connectivity index (χ1) is 11.7. The summed E-state index contributed by atoms with van der Waals surface area (Å²) in [5, 5.41) is 6.88. The lowest BCUT2D eigenvalue weighted by atomic mass is 10.0. The van der Waals surface area contributed by atoms with Crippen LogP contribution in [-0.2, 0) is 16.1 Å². The van der Waals surface area contributed by atoms with Gasteiger partial charge in [0.05, 0.1) is 5.71 Å². The molecular weight excluding hydrogens is 307 g/mol. The molecule has 1 heterocycles. The van der Waals surface area contributed by atoms with Gasteiger partial charge in [-0.1, -0.05) is 47.6 Å². The molecule has 0 radical (unpaired) electrons. The second-order valence-electron chi connectivity index (χ2n) is 5.72. The van der Waals surface area contributed by atoms with Crippen LogP contribution in [0.5, 0.6) is 0 Å². The first-order valence-electron chi connectivity index (χ1n) is 8.02. The largest absolute Gasteiger partial charge is 0.382 e. The Bertz CT molecular complexity index is 714. The average Bonchev–Trinajstić information content (AvgIpc) is 3.11. The van der Waals surface area contributed by atoms with Crippen LogP contribution >= 0.6 is 0 Å². The van der Waals surface area contributed by atoms with Gasteiger partial charge < -0.3 is 10.2 Å². The molecule has 124 valence electrons. The molecule has 4 nitrogen and oxygen atoms in total. The van der Waals surface area contributed by atoms with Crippen LogP contribution in [0.1, 0.15) is 24.0 Å². The second-order valence-corrected chi connectivity index (χ2v) is 5.72. The van der Waals surface area contributed by atoms with E-state index in [1.54, 1.807) is 12.1 Å². The third-order valence-corrected chi connectivity index (χ3v) is 3.92. The van der Waals surface area contributed by atoms with E-state index in [9.17, 15) is 9.18 Å². The van der Waals surface area contributed by atoms with E-state index in [0.717, 1.165) is 29.7 Å². The van der Waals surface area contributed by atoms with Gasteiger partial charge in [0.25, 0.3) is 5.91 Å². The van der Waals surface area contributed by atoms with Crippen molar-refractivity contribution in [2.24, 2.45) is 5.16 Å². The van der Waals surface area contributed by atoms with Crippen LogP contribution < -0.4 is 5.32 Å². The smallest absolute Gasteiger partial charge is 0.264 e. The number of rotatable bonds is 6. The molecule has 1 aliphatic rings. The van der Waals surface area contributed by atoms with Gasteiger partial charge in [0.1, 0.15) is 5.82 Å². The molecule has 24 heavy (non-hydrogen) atoms. The monoisotopic (exact) mass is 326 g/mol. The number of nitrogens with one attached hydrogen (secondary N) is 1. The summed E-state index contributed by atoms with van der Waals surface area (Å²) in [5.74, 6) is -0.386. The number of amides is 1. The zero-order chi connectivity index (χ0) is 16.8. The first-order valence-corrected chi connectivity index (χ1v) is 8.02. The fraction of sp³-hybridized carbons (Fsp3) is 0.263. The number of hydrogen-bond donors (Lipinski definition) is 1. The molecule has 0 saturated carbocycles. The Morgan fingerprint density at radius 3 is 2.67 bits per heavy atom. The molecule has 1 atom stereocenters. The average molecular weight is 326 g/mol. The van der Waals surface area contributed by atoms with Crippen LogP contribution in [0.2, 0.25) is 0 Å². The van der Waals surface area contributed by atoms with Gasteiger partial charge in [0, 0.05) is 13.0 Å². The summed E-state index contributed by atoms with van der Waals surface area (Å²) >= 11 is 0. The summed E-state index contributed by atoms with van der Waals surface area (Å²) in [5.41, 5.74) is 2.82. The van der Waals surface area contributed by atoms with Crippen molar-refractivity contribution in [1.29, 1.82) is 0 Å². The number of oxime groups is 1. The minimum Gasteiger partial charge on any atom is -0.382 e. The number of carbonyl (C=O) groups is 1. The fourth-order valence-corrected chi connectivity index (χ4v) is 2.59. The third kappa shape index (κ3) is 4.19. The standard InChI is InChI=1S/C19H19FN2O2/c20-16-10-8-14(9-11-16)5-4-12-21-19(23)18-13-17(22-24-18)15-6-2-1-3-7-15/h1-3,6-11,18H,4-5,12-13H2,(H,21,23). The summed E-state index contributed by atoms with van der Waals surface area (Å²) in [4.78, 5) is 17.4. The molecule has 5 heteroatoms. The molecule has 0 aliphatic carbocycles. The van der Waals surface area contributed by atoms with Crippen molar-refractivity contribution in [3.8, 4) is 0 Å². The van der Waals surface area contributed by atoms with E-state index in [1.165, 1.54) is 12.1 Å². The van der Waals surface area contributed by atoms with Gasteiger partial charge in [-0.15, -0.1) is 0 Å². The predicted molar refractivity (Wildman–Crippen MR) is 90.2 cm³/mol. The zero-order valence-electron chi connectivity index (χ0n) is 13.2. The topological polar surface area (TPSA) is 50.7 Å². The second kappa shape index (κ2) is 7.73. The highest BCUT2D eigenvalue weighted by Gasteiger charge is 2.28. The maximum atomic E-state index is 12.8. The Morgan fingerprint density at radius 2 is 1.92 bits per heavy atom. The van der Waals surface area contributed by atoms with Gasteiger partial charge in [-0.3, -0.25) is 4.79 Å². The maximum Gasteiger partial charge on any atom is 0.264 e. The van der Waals surface area contributed by atoms with E-state index < -0.39 is 6.10 Å². The minimum absolute atomic E-state index is 0.149. The van der Waals surface area contributed by atoms with Gasteiger partial charge in [-0.25, -0.2) is 4.39 Å². The predicted octanol–water partition coefficient (Wildman–Crippen LogP) is 3.07. The highest BCUT2D eigenvalue weighted by atomic mass is 19.1. The summed E-state index contributed by atoms with van der Waals surface area (Å²) in [6, 6.07) is 16.1. The molecule has 0 saturated heterocycles.